The number of hydrogen-bond donors (Lipinski definition) is 2. The van der Waals surface area contributed by atoms with E-state index in [0.717, 1.165) is 61.8 Å². The lowest BCUT2D eigenvalue weighted by Crippen LogP contribution is -2.54. The van der Waals surface area contributed by atoms with Crippen LogP contribution in [-0.2, 0) is 31.0 Å². The fraction of sp³-hybridized carbons (Fsp3) is 0.575. The summed E-state index contributed by atoms with van der Waals surface area (Å²) in [6, 6.07) is 10.8. The van der Waals surface area contributed by atoms with Crippen LogP contribution in [0.4, 0.5) is 14.9 Å². The summed E-state index contributed by atoms with van der Waals surface area (Å²) in [5, 5.41) is 4.66. The second kappa shape index (κ2) is 15.5. The molecule has 56 heavy (non-hydrogen) atoms. The van der Waals surface area contributed by atoms with Crippen molar-refractivity contribution in [1.29, 1.82) is 0 Å². The highest BCUT2D eigenvalue weighted by Crippen LogP contribution is 2.53. The normalized spacial score (nSPS) is 24.3. The van der Waals surface area contributed by atoms with Crippen molar-refractivity contribution in [3.05, 3.63) is 65.0 Å². The summed E-state index contributed by atoms with van der Waals surface area (Å²) in [5.41, 5.74) is 1.38. The van der Waals surface area contributed by atoms with Gasteiger partial charge in [-0.05, 0) is 99.9 Å². The van der Waals surface area contributed by atoms with E-state index in [0.29, 0.717) is 57.8 Å². The van der Waals surface area contributed by atoms with Crippen LogP contribution in [0.3, 0.4) is 0 Å². The number of rotatable bonds is 9. The lowest BCUT2D eigenvalue weighted by molar-refractivity contribution is -0.136. The van der Waals surface area contributed by atoms with Crippen molar-refractivity contribution in [1.82, 2.24) is 24.7 Å². The van der Waals surface area contributed by atoms with Gasteiger partial charge in [0.15, 0.2) is 0 Å². The van der Waals surface area contributed by atoms with Gasteiger partial charge in [-0.1, -0.05) is 30.3 Å². The first kappa shape index (κ1) is 38.5. The lowest BCUT2D eigenvalue weighted by Gasteiger charge is -2.54. The average molecular weight is 793 g/mol. The molecule has 1 spiro atoms. The number of nitrogens with one attached hydrogen (secondary N) is 2. The Morgan fingerprint density at radius 2 is 1.54 bits per heavy atom. The van der Waals surface area contributed by atoms with Crippen molar-refractivity contribution in [3.63, 3.8) is 0 Å². The summed E-state index contributed by atoms with van der Waals surface area (Å²) in [6.07, 6.45) is 5.78. The zero-order valence-corrected chi connectivity index (χ0v) is 32.2. The van der Waals surface area contributed by atoms with Gasteiger partial charge in [0.1, 0.15) is 18.5 Å². The Morgan fingerprint density at radius 3 is 2.20 bits per heavy atom. The first-order valence-corrected chi connectivity index (χ1v) is 21.4. The first-order chi connectivity index (χ1) is 26.9. The quantitative estimate of drug-likeness (QED) is 0.360. The van der Waals surface area contributed by atoms with Crippen LogP contribution in [0.25, 0.3) is 0 Å². The maximum absolute atomic E-state index is 15.5. The number of piperidine rings is 4. The topological polar surface area (TPSA) is 166 Å². The van der Waals surface area contributed by atoms with Gasteiger partial charge in [0.25, 0.3) is 11.8 Å². The van der Waals surface area contributed by atoms with Crippen LogP contribution < -0.4 is 15.5 Å². The van der Waals surface area contributed by atoms with Gasteiger partial charge < -0.3 is 19.9 Å². The molecule has 2 N–H and O–H groups in total. The van der Waals surface area contributed by atoms with Crippen molar-refractivity contribution in [2.75, 3.05) is 50.7 Å². The number of amides is 5. The van der Waals surface area contributed by atoms with Crippen LogP contribution >= 0.6 is 0 Å². The minimum Gasteiger partial charge on any atom is -0.445 e. The van der Waals surface area contributed by atoms with Crippen LogP contribution in [-0.4, -0.2) is 115 Å². The molecule has 2 aromatic carbocycles. The second-order valence-corrected chi connectivity index (χ2v) is 18.7. The van der Waals surface area contributed by atoms with Gasteiger partial charge in [-0.25, -0.2) is 21.9 Å². The van der Waals surface area contributed by atoms with Gasteiger partial charge >= 0.3 is 6.09 Å². The number of ether oxygens (including phenoxy) is 1. The number of benzene rings is 2. The molecule has 1 atom stereocenters. The number of alkyl carbamates (subject to hydrolysis) is 1. The molecule has 0 radical (unpaired) electrons. The molecule has 4 saturated heterocycles. The third-order valence-electron chi connectivity index (χ3n) is 12.9. The number of likely N-dealkylation sites (tertiary alicyclic amines) is 1. The minimum atomic E-state index is -3.44. The number of nitrogens with zero attached hydrogens (tertiary/aromatic N) is 4. The summed E-state index contributed by atoms with van der Waals surface area (Å²) in [7, 11) is -3.44. The maximum Gasteiger partial charge on any atom is 0.407 e. The predicted molar refractivity (Wildman–Crippen MR) is 202 cm³/mol. The number of hydrogen-bond acceptors (Lipinski definition) is 10. The molecule has 5 fully saturated rings. The third-order valence-corrected chi connectivity index (χ3v) is 15.3. The molecule has 1 saturated carbocycles. The van der Waals surface area contributed by atoms with E-state index in [4.69, 9.17) is 4.74 Å². The monoisotopic (exact) mass is 792 g/mol. The highest BCUT2D eigenvalue weighted by atomic mass is 32.2. The number of carbonyl (C=O) groups is 5. The molecule has 5 amide bonds. The summed E-state index contributed by atoms with van der Waals surface area (Å²) in [6.45, 7) is 4.62. The molecule has 1 aliphatic carbocycles. The van der Waals surface area contributed by atoms with Crippen LogP contribution in [0.2, 0.25) is 0 Å². The summed E-state index contributed by atoms with van der Waals surface area (Å²) >= 11 is 0. The summed E-state index contributed by atoms with van der Waals surface area (Å²) < 4.78 is 49.5. The maximum atomic E-state index is 15.5. The molecular weight excluding hydrogens is 744 g/mol. The highest BCUT2D eigenvalue weighted by molar-refractivity contribution is 7.89. The van der Waals surface area contributed by atoms with E-state index >= 15 is 4.39 Å². The van der Waals surface area contributed by atoms with Gasteiger partial charge in [-0.15, -0.1) is 0 Å². The largest absolute Gasteiger partial charge is 0.445 e. The number of imide groups is 2. The SMILES string of the molecule is O=C1CCC(N2C(=O)c3cc(F)c(N4CCC5(CC4)CC(CN4CCC(S(=O)(=O)N6CCC(NC(=O)OCc7ccccc7)CC6)CC4)C5)cc3C2=O)C(=O)N1. The molecule has 6 aliphatic rings. The molecule has 2 aromatic rings. The number of carbonyl (C=O) groups excluding carboxylic acids is 5. The Labute approximate surface area is 326 Å². The van der Waals surface area contributed by atoms with E-state index < -0.39 is 56.9 Å². The predicted octanol–water partition coefficient (Wildman–Crippen LogP) is 3.41. The standard InChI is InChI=1S/C40H49FN6O8S/c41-32-20-30-31(38(51)47(37(30)50)33-6-7-35(48)43-36(33)49)21-34(32)45-18-12-40(13-19-45)22-27(23-40)24-44-14-10-29(11-15-44)56(53,54)46-16-8-28(9-17-46)42-39(52)55-25-26-4-2-1-3-5-26/h1-5,20-21,27-29,33H,6-19,22-25H2,(H,42,52)(H,43,48,49). The van der Waals surface area contributed by atoms with E-state index in [9.17, 15) is 32.4 Å². The van der Waals surface area contributed by atoms with Gasteiger partial charge in [-0.2, -0.15) is 0 Å². The fourth-order valence-corrected chi connectivity index (χ4v) is 11.7. The fourth-order valence-electron chi connectivity index (χ4n) is 9.80. The van der Waals surface area contributed by atoms with Crippen molar-refractivity contribution >= 4 is 45.4 Å². The third kappa shape index (κ3) is 7.67. The zero-order valence-electron chi connectivity index (χ0n) is 31.4. The Kier molecular flexibility index (Phi) is 10.6. The summed E-state index contributed by atoms with van der Waals surface area (Å²) in [4.78, 5) is 67.9. The van der Waals surface area contributed by atoms with Crippen LogP contribution in [0.5, 0.6) is 0 Å². The Hall–Kier alpha value is -4.41. The summed E-state index contributed by atoms with van der Waals surface area (Å²) in [5.74, 6) is -2.58. The van der Waals surface area contributed by atoms with Gasteiger partial charge in [0, 0.05) is 45.2 Å². The molecule has 5 heterocycles. The van der Waals surface area contributed by atoms with Crippen molar-refractivity contribution < 1.29 is 41.5 Å². The first-order valence-electron chi connectivity index (χ1n) is 19.9. The van der Waals surface area contributed by atoms with Crippen LogP contribution in [0.1, 0.15) is 90.5 Å². The van der Waals surface area contributed by atoms with Gasteiger partial charge in [0.2, 0.25) is 21.8 Å². The number of anilines is 1. The van der Waals surface area contributed by atoms with Crippen LogP contribution in [0, 0.1) is 17.2 Å². The molecule has 8 rings (SSSR count). The average Bonchev–Trinajstić information content (AvgIpc) is 3.41. The number of fused-ring (bicyclic) bond motifs is 1. The molecule has 16 heteroatoms. The Bertz CT molecular complexity index is 1980. The highest BCUT2D eigenvalue weighted by Gasteiger charge is 2.48. The molecule has 14 nitrogen and oxygen atoms in total. The smallest absolute Gasteiger partial charge is 0.407 e. The van der Waals surface area contributed by atoms with Crippen molar-refractivity contribution in [3.8, 4) is 0 Å². The van der Waals surface area contributed by atoms with Crippen molar-refractivity contribution in [2.24, 2.45) is 11.3 Å². The van der Waals surface area contributed by atoms with E-state index in [1.807, 2.05) is 35.2 Å². The molecular formula is C40H49FN6O8S. The molecule has 1 unspecified atom stereocenters. The Morgan fingerprint density at radius 1 is 0.875 bits per heavy atom. The van der Waals surface area contributed by atoms with Gasteiger partial charge in [-0.3, -0.25) is 29.4 Å². The minimum absolute atomic E-state index is 0.0146. The van der Waals surface area contributed by atoms with E-state index in [2.05, 4.69) is 15.5 Å². The van der Waals surface area contributed by atoms with Crippen LogP contribution in [0.15, 0.2) is 42.5 Å². The molecule has 5 aliphatic heterocycles. The second-order valence-electron chi connectivity index (χ2n) is 16.5. The molecule has 0 aromatic heterocycles. The van der Waals surface area contributed by atoms with E-state index in [1.165, 1.54) is 6.07 Å². The lowest BCUT2D eigenvalue weighted by atomic mass is 9.57. The molecule has 0 bridgehead atoms. The van der Waals surface area contributed by atoms with E-state index in [1.54, 1.807) is 4.31 Å². The Balaban J connectivity index is 0.759. The molecule has 300 valence electrons. The van der Waals surface area contributed by atoms with Gasteiger partial charge in [0.05, 0.1) is 22.1 Å². The number of halogens is 1. The van der Waals surface area contributed by atoms with E-state index in [-0.39, 0.29) is 47.7 Å². The number of sulfonamides is 1. The zero-order chi connectivity index (χ0) is 39.2. The van der Waals surface area contributed by atoms with Crippen molar-refractivity contribution in [2.45, 2.75) is 88.1 Å².